The van der Waals surface area contributed by atoms with Crippen molar-refractivity contribution < 1.29 is 13.2 Å². The average Bonchev–Trinajstić information content (AvgIpc) is 2.35. The monoisotopic (exact) mass is 258 g/mol. The van der Waals surface area contributed by atoms with Gasteiger partial charge in [-0.05, 0) is 18.6 Å². The summed E-state index contributed by atoms with van der Waals surface area (Å²) < 4.78 is 36.1. The lowest BCUT2D eigenvalue weighted by Gasteiger charge is -2.00. The molecule has 0 aromatic carbocycles. The van der Waals surface area contributed by atoms with Crippen molar-refractivity contribution in [2.24, 2.45) is 0 Å². The van der Waals surface area contributed by atoms with Gasteiger partial charge in [-0.1, -0.05) is 15.9 Å². The minimum Gasteiger partial charge on any atom is -0.165 e. The predicted octanol–water partition coefficient (Wildman–Crippen LogP) is 3.70. The number of aryl methyl sites for hydroxylation is 1. The molecule has 0 fully saturated rings. The fraction of sp³-hybridized carbons (Fsp3) is 0.429. The van der Waals surface area contributed by atoms with Gasteiger partial charge in [-0.25, -0.2) is 0 Å². The molecule has 0 N–H and O–H groups in total. The van der Waals surface area contributed by atoms with Crippen molar-refractivity contribution in [3.05, 3.63) is 21.9 Å². The largest absolute Gasteiger partial charge is 0.425 e. The molecule has 12 heavy (non-hydrogen) atoms. The van der Waals surface area contributed by atoms with Crippen LogP contribution in [0.4, 0.5) is 13.2 Å². The number of alkyl halides is 4. The Bertz CT molecular complexity index is 253. The summed E-state index contributed by atoms with van der Waals surface area (Å²) in [5, 5.41) is 0.699. The highest BCUT2D eigenvalue weighted by Crippen LogP contribution is 2.34. The fourth-order valence-corrected chi connectivity index (χ4v) is 2.32. The molecule has 5 heteroatoms. The number of thiophene rings is 1. The van der Waals surface area contributed by atoms with E-state index < -0.39 is 11.1 Å². The Morgan fingerprint density at radius 2 is 2.00 bits per heavy atom. The van der Waals surface area contributed by atoms with Gasteiger partial charge in [-0.3, -0.25) is 0 Å². The summed E-state index contributed by atoms with van der Waals surface area (Å²) in [6.07, 6.45) is -3.53. The van der Waals surface area contributed by atoms with Crippen LogP contribution in [0.1, 0.15) is 9.75 Å². The van der Waals surface area contributed by atoms with Gasteiger partial charge in [0.05, 0.1) is 0 Å². The summed E-state index contributed by atoms with van der Waals surface area (Å²) in [5.41, 5.74) is 0. The van der Waals surface area contributed by atoms with Gasteiger partial charge >= 0.3 is 6.18 Å². The lowest BCUT2D eigenvalue weighted by Crippen LogP contribution is -2.00. The van der Waals surface area contributed by atoms with Gasteiger partial charge in [0.1, 0.15) is 4.88 Å². The highest BCUT2D eigenvalue weighted by atomic mass is 79.9. The molecule has 0 atom stereocenters. The zero-order chi connectivity index (χ0) is 9.19. The molecule has 0 spiro atoms. The summed E-state index contributed by atoms with van der Waals surface area (Å²) in [6.45, 7) is 0. The average molecular weight is 259 g/mol. The highest BCUT2D eigenvalue weighted by Gasteiger charge is 2.32. The van der Waals surface area contributed by atoms with Crippen LogP contribution in [0, 0.1) is 0 Å². The number of rotatable bonds is 2. The summed E-state index contributed by atoms with van der Waals surface area (Å²) in [5.74, 6) is 0. The van der Waals surface area contributed by atoms with Crippen LogP contribution in [0.25, 0.3) is 0 Å². The van der Waals surface area contributed by atoms with E-state index in [-0.39, 0.29) is 0 Å². The van der Waals surface area contributed by atoms with Crippen molar-refractivity contribution in [3.63, 3.8) is 0 Å². The molecule has 0 amide bonds. The zero-order valence-electron chi connectivity index (χ0n) is 5.99. The van der Waals surface area contributed by atoms with Crippen LogP contribution < -0.4 is 0 Å². The summed E-state index contributed by atoms with van der Waals surface area (Å²) in [4.78, 5) is 0.248. The Morgan fingerprint density at radius 1 is 1.33 bits per heavy atom. The SMILES string of the molecule is FC(F)(F)c1ccc(CCBr)s1. The molecule has 0 saturated carbocycles. The molecule has 0 bridgehead atoms. The van der Waals surface area contributed by atoms with E-state index in [2.05, 4.69) is 15.9 Å². The number of hydrogen-bond donors (Lipinski definition) is 0. The summed E-state index contributed by atoms with van der Waals surface area (Å²) >= 11 is 3.98. The van der Waals surface area contributed by atoms with Crippen molar-refractivity contribution in [2.75, 3.05) is 5.33 Å². The standard InChI is InChI=1S/C7H6BrF3S/c8-4-3-5-1-2-6(12-5)7(9,10)11/h1-2H,3-4H2. The molecule has 1 rings (SSSR count). The second-order valence-electron chi connectivity index (χ2n) is 2.20. The first-order valence-electron chi connectivity index (χ1n) is 3.26. The van der Waals surface area contributed by atoms with Crippen LogP contribution in [-0.2, 0) is 12.6 Å². The maximum Gasteiger partial charge on any atom is 0.425 e. The molecule has 0 radical (unpaired) electrons. The third-order valence-corrected chi connectivity index (χ3v) is 2.87. The van der Waals surface area contributed by atoms with Crippen molar-refractivity contribution in [3.8, 4) is 0 Å². The smallest absolute Gasteiger partial charge is 0.165 e. The Hall–Kier alpha value is -0.0300. The lowest BCUT2D eigenvalue weighted by molar-refractivity contribution is -0.134. The minimum atomic E-state index is -4.19. The van der Waals surface area contributed by atoms with Crippen LogP contribution in [-0.4, -0.2) is 5.33 Å². The quantitative estimate of drug-likeness (QED) is 0.710. The molecule has 1 heterocycles. The van der Waals surface area contributed by atoms with E-state index >= 15 is 0 Å². The van der Waals surface area contributed by atoms with Gasteiger partial charge in [0.15, 0.2) is 0 Å². The van der Waals surface area contributed by atoms with Crippen molar-refractivity contribution in [1.29, 1.82) is 0 Å². The molecule has 0 nitrogen and oxygen atoms in total. The maximum absolute atomic E-state index is 12.0. The second kappa shape index (κ2) is 3.79. The van der Waals surface area contributed by atoms with Crippen LogP contribution in [0.5, 0.6) is 0 Å². The van der Waals surface area contributed by atoms with E-state index in [1.54, 1.807) is 0 Å². The van der Waals surface area contributed by atoms with E-state index in [0.717, 1.165) is 22.3 Å². The van der Waals surface area contributed by atoms with Gasteiger partial charge < -0.3 is 0 Å². The summed E-state index contributed by atoms with van der Waals surface area (Å²) in [6, 6.07) is 2.65. The Morgan fingerprint density at radius 3 is 2.42 bits per heavy atom. The van der Waals surface area contributed by atoms with Crippen LogP contribution in [0.15, 0.2) is 12.1 Å². The van der Waals surface area contributed by atoms with Gasteiger partial charge in [0, 0.05) is 10.2 Å². The van der Waals surface area contributed by atoms with Gasteiger partial charge in [0.25, 0.3) is 0 Å². The Balaban J connectivity index is 2.77. The molecule has 0 aliphatic heterocycles. The van der Waals surface area contributed by atoms with Crippen LogP contribution >= 0.6 is 27.3 Å². The van der Waals surface area contributed by atoms with Gasteiger partial charge in [0.2, 0.25) is 0 Å². The zero-order valence-corrected chi connectivity index (χ0v) is 8.39. The molecule has 1 aromatic heterocycles. The normalized spacial score (nSPS) is 12.0. The molecule has 0 unspecified atom stereocenters. The predicted molar refractivity (Wildman–Crippen MR) is 46.8 cm³/mol. The molecule has 0 aliphatic carbocycles. The number of halogens is 4. The van der Waals surface area contributed by atoms with Gasteiger partial charge in [-0.15, -0.1) is 11.3 Å². The van der Waals surface area contributed by atoms with E-state index in [9.17, 15) is 13.2 Å². The molecule has 0 saturated heterocycles. The van der Waals surface area contributed by atoms with E-state index in [1.807, 2.05) is 0 Å². The summed E-state index contributed by atoms with van der Waals surface area (Å²) in [7, 11) is 0. The molecule has 68 valence electrons. The second-order valence-corrected chi connectivity index (χ2v) is 4.16. The highest BCUT2D eigenvalue weighted by molar-refractivity contribution is 9.09. The maximum atomic E-state index is 12.0. The molecule has 1 aromatic rings. The van der Waals surface area contributed by atoms with E-state index in [0.29, 0.717) is 11.8 Å². The molecule has 0 aliphatic rings. The fourth-order valence-electron chi connectivity index (χ4n) is 0.758. The Labute approximate surface area is 80.5 Å². The first-order chi connectivity index (χ1) is 5.54. The van der Waals surface area contributed by atoms with Gasteiger partial charge in [-0.2, -0.15) is 13.2 Å². The Kier molecular flexibility index (Phi) is 3.17. The van der Waals surface area contributed by atoms with E-state index in [1.165, 1.54) is 6.07 Å². The van der Waals surface area contributed by atoms with Crippen molar-refractivity contribution in [2.45, 2.75) is 12.6 Å². The first-order valence-corrected chi connectivity index (χ1v) is 5.19. The van der Waals surface area contributed by atoms with Crippen LogP contribution in [0.3, 0.4) is 0 Å². The first kappa shape index (κ1) is 10.1. The third kappa shape index (κ3) is 2.48. The topological polar surface area (TPSA) is 0 Å². The van der Waals surface area contributed by atoms with Crippen molar-refractivity contribution in [1.82, 2.24) is 0 Å². The molecular weight excluding hydrogens is 253 g/mol. The van der Waals surface area contributed by atoms with Crippen LogP contribution in [0.2, 0.25) is 0 Å². The lowest BCUT2D eigenvalue weighted by atomic mass is 10.4. The third-order valence-electron chi connectivity index (χ3n) is 1.28. The van der Waals surface area contributed by atoms with E-state index in [4.69, 9.17) is 0 Å². The minimum absolute atomic E-state index is 0.515. The van der Waals surface area contributed by atoms with Crippen molar-refractivity contribution >= 4 is 27.3 Å². The molecular formula is C7H6BrF3S. The number of hydrogen-bond acceptors (Lipinski definition) is 1.